The molecule has 2 N–H and O–H groups in total. The van der Waals surface area contributed by atoms with Crippen LogP contribution >= 0.6 is 0 Å². The van der Waals surface area contributed by atoms with E-state index in [-0.39, 0.29) is 69.5 Å². The first-order valence-corrected chi connectivity index (χ1v) is 20.9. The minimum absolute atomic E-state index is 0.0372. The van der Waals surface area contributed by atoms with Crippen LogP contribution in [0.2, 0.25) is 0 Å². The molecule has 0 rings (SSSR count). The molecule has 0 aliphatic rings. The molecule has 11 heteroatoms. The summed E-state index contributed by atoms with van der Waals surface area (Å²) in [6.45, 7) is 9.82. The Labute approximate surface area is 316 Å². The number of esters is 4. The van der Waals surface area contributed by atoms with E-state index in [9.17, 15) is 29.4 Å². The second kappa shape index (κ2) is 35.8. The number of carbonyl (C=O) groups excluding carboxylic acids is 4. The molecule has 0 heterocycles. The number of rotatable bonds is 37. The van der Waals surface area contributed by atoms with Crippen molar-refractivity contribution >= 4 is 23.9 Å². The van der Waals surface area contributed by atoms with Crippen molar-refractivity contribution in [2.24, 2.45) is 11.8 Å². The molecule has 3 atom stereocenters. The summed E-state index contributed by atoms with van der Waals surface area (Å²) in [5, 5.41) is 19.3. The van der Waals surface area contributed by atoms with Crippen LogP contribution in [0, 0.1) is 11.8 Å². The second-order valence-corrected chi connectivity index (χ2v) is 14.2. The fourth-order valence-corrected chi connectivity index (χ4v) is 5.95. The highest BCUT2D eigenvalue weighted by atomic mass is 16.5. The summed E-state index contributed by atoms with van der Waals surface area (Å²) in [4.78, 5) is 51.7. The molecule has 52 heavy (non-hydrogen) atoms. The molecule has 3 unspecified atom stereocenters. The van der Waals surface area contributed by atoms with Crippen LogP contribution < -0.4 is 0 Å². The standard InChI is InChI=1S/C41H77NO10/c1-5-9-13-15-23-35(21-11-7-3)40(47)51-31-19-17-29-49-38(45)25-27-42(33-37(44)34-43)28-26-39(46)50-30-18-20-32-52-41(48)36(22-12-8-4)24-16-14-10-6-2/h35-37,43-44H,5-34H2,1-4H3. The number of nitrogens with zero attached hydrogens (tertiary/aromatic N) is 1. The molecule has 0 aromatic heterocycles. The number of hydrogen-bond donors (Lipinski definition) is 2. The maximum absolute atomic E-state index is 12.6. The van der Waals surface area contributed by atoms with Crippen LogP contribution in [-0.4, -0.2) is 97.8 Å². The average molecular weight is 744 g/mol. The van der Waals surface area contributed by atoms with E-state index in [4.69, 9.17) is 18.9 Å². The maximum Gasteiger partial charge on any atom is 0.308 e. The zero-order valence-corrected chi connectivity index (χ0v) is 33.6. The largest absolute Gasteiger partial charge is 0.466 e. The highest BCUT2D eigenvalue weighted by Crippen LogP contribution is 2.20. The summed E-state index contributed by atoms with van der Waals surface area (Å²) in [6, 6.07) is 0. The molecule has 0 aliphatic heterocycles. The van der Waals surface area contributed by atoms with Gasteiger partial charge in [0.1, 0.15) is 0 Å². The molecule has 0 aromatic rings. The summed E-state index contributed by atoms with van der Waals surface area (Å²) in [6.07, 6.45) is 18.2. The van der Waals surface area contributed by atoms with E-state index in [0.29, 0.717) is 38.9 Å². The summed E-state index contributed by atoms with van der Waals surface area (Å²) in [7, 11) is 0. The Kier molecular flexibility index (Phi) is 34.2. The molecule has 0 bridgehead atoms. The minimum Gasteiger partial charge on any atom is -0.466 e. The zero-order valence-electron chi connectivity index (χ0n) is 33.6. The molecule has 0 amide bonds. The molecule has 306 valence electrons. The van der Waals surface area contributed by atoms with Crippen molar-refractivity contribution in [3.63, 3.8) is 0 Å². The molecule has 11 nitrogen and oxygen atoms in total. The molecule has 0 aliphatic carbocycles. The Hall–Kier alpha value is -2.24. The van der Waals surface area contributed by atoms with E-state index in [0.717, 1.165) is 77.0 Å². The van der Waals surface area contributed by atoms with Crippen LogP contribution in [0.5, 0.6) is 0 Å². The van der Waals surface area contributed by atoms with Gasteiger partial charge in [0.25, 0.3) is 0 Å². The Morgan fingerprint density at radius 1 is 0.500 bits per heavy atom. The van der Waals surface area contributed by atoms with Crippen LogP contribution in [0.25, 0.3) is 0 Å². The molecule has 0 fully saturated rings. The van der Waals surface area contributed by atoms with Gasteiger partial charge in [-0.05, 0) is 51.4 Å². The molecular formula is C41H77NO10. The van der Waals surface area contributed by atoms with Gasteiger partial charge in [0.15, 0.2) is 0 Å². The molecule has 0 aromatic carbocycles. The van der Waals surface area contributed by atoms with Crippen LogP contribution in [-0.2, 0) is 38.1 Å². The molecule has 0 saturated heterocycles. The lowest BCUT2D eigenvalue weighted by Gasteiger charge is -2.23. The van der Waals surface area contributed by atoms with Crippen molar-refractivity contribution in [3.8, 4) is 0 Å². The van der Waals surface area contributed by atoms with Gasteiger partial charge in [-0.25, -0.2) is 0 Å². The number of ether oxygens (including phenoxy) is 4. The highest BCUT2D eigenvalue weighted by molar-refractivity contribution is 5.73. The number of aliphatic hydroxyl groups excluding tert-OH is 2. The Bertz CT molecular complexity index is 822. The van der Waals surface area contributed by atoms with E-state index in [1.54, 1.807) is 4.90 Å². The number of unbranched alkanes of at least 4 members (excludes halogenated alkanes) is 10. The van der Waals surface area contributed by atoms with Gasteiger partial charge in [-0.1, -0.05) is 105 Å². The number of carbonyl (C=O) groups is 4. The lowest BCUT2D eigenvalue weighted by atomic mass is 9.95. The van der Waals surface area contributed by atoms with Gasteiger partial charge in [0.05, 0.1) is 63.8 Å². The predicted octanol–water partition coefficient (Wildman–Crippen LogP) is 7.71. The third kappa shape index (κ3) is 29.2. The Balaban J connectivity index is 4.33. The van der Waals surface area contributed by atoms with E-state index in [2.05, 4.69) is 27.7 Å². The van der Waals surface area contributed by atoms with Crippen LogP contribution in [0.1, 0.15) is 169 Å². The summed E-state index contributed by atoms with van der Waals surface area (Å²) < 4.78 is 21.8. The van der Waals surface area contributed by atoms with Crippen molar-refractivity contribution < 1.29 is 48.3 Å². The van der Waals surface area contributed by atoms with E-state index in [1.807, 2.05) is 0 Å². The fourth-order valence-electron chi connectivity index (χ4n) is 5.95. The van der Waals surface area contributed by atoms with Gasteiger partial charge >= 0.3 is 23.9 Å². The summed E-state index contributed by atoms with van der Waals surface area (Å²) in [5.41, 5.74) is 0. The smallest absolute Gasteiger partial charge is 0.308 e. The number of aliphatic hydroxyl groups is 2. The normalized spacial score (nSPS) is 13.1. The van der Waals surface area contributed by atoms with Crippen LogP contribution in [0.4, 0.5) is 0 Å². The van der Waals surface area contributed by atoms with Gasteiger partial charge < -0.3 is 29.2 Å². The second-order valence-electron chi connectivity index (χ2n) is 14.2. The summed E-state index contributed by atoms with van der Waals surface area (Å²) >= 11 is 0. The first-order chi connectivity index (χ1) is 25.2. The Morgan fingerprint density at radius 3 is 1.23 bits per heavy atom. The first kappa shape index (κ1) is 49.8. The zero-order chi connectivity index (χ0) is 38.7. The molecule has 0 radical (unpaired) electrons. The van der Waals surface area contributed by atoms with E-state index < -0.39 is 24.6 Å². The van der Waals surface area contributed by atoms with Crippen molar-refractivity contribution in [3.05, 3.63) is 0 Å². The molecule has 0 spiro atoms. The maximum atomic E-state index is 12.6. The Morgan fingerprint density at radius 2 is 0.865 bits per heavy atom. The van der Waals surface area contributed by atoms with Gasteiger partial charge in [0, 0.05) is 19.6 Å². The number of hydrogen-bond acceptors (Lipinski definition) is 11. The summed E-state index contributed by atoms with van der Waals surface area (Å²) in [5.74, 6) is -1.11. The van der Waals surface area contributed by atoms with Crippen molar-refractivity contribution in [1.29, 1.82) is 0 Å². The molecular weight excluding hydrogens is 666 g/mol. The highest BCUT2D eigenvalue weighted by Gasteiger charge is 2.20. The predicted molar refractivity (Wildman–Crippen MR) is 205 cm³/mol. The van der Waals surface area contributed by atoms with Gasteiger partial charge in [0.2, 0.25) is 0 Å². The monoisotopic (exact) mass is 744 g/mol. The SMILES string of the molecule is CCCCCCC(CCCC)C(=O)OCCCCOC(=O)CCN(CCC(=O)OCCCCOC(=O)C(CCCC)CCCCCC)CC(O)CO. The lowest BCUT2D eigenvalue weighted by molar-refractivity contribution is -0.150. The van der Waals surface area contributed by atoms with E-state index >= 15 is 0 Å². The van der Waals surface area contributed by atoms with Crippen LogP contribution in [0.3, 0.4) is 0 Å². The minimum atomic E-state index is -1.01. The van der Waals surface area contributed by atoms with E-state index in [1.165, 1.54) is 25.7 Å². The lowest BCUT2D eigenvalue weighted by Crippen LogP contribution is -2.37. The van der Waals surface area contributed by atoms with Gasteiger partial charge in [-0.3, -0.25) is 24.1 Å². The molecule has 0 saturated carbocycles. The third-order valence-electron chi connectivity index (χ3n) is 9.33. The van der Waals surface area contributed by atoms with Crippen LogP contribution in [0.15, 0.2) is 0 Å². The third-order valence-corrected chi connectivity index (χ3v) is 9.33. The van der Waals surface area contributed by atoms with Crippen molar-refractivity contribution in [2.75, 3.05) is 52.7 Å². The fraction of sp³-hybridized carbons (Fsp3) is 0.902. The average Bonchev–Trinajstić information content (AvgIpc) is 3.14. The topological polar surface area (TPSA) is 149 Å². The van der Waals surface area contributed by atoms with Crippen molar-refractivity contribution in [2.45, 2.75) is 175 Å². The van der Waals surface area contributed by atoms with Gasteiger partial charge in [-0.15, -0.1) is 0 Å². The quantitative estimate of drug-likeness (QED) is 0.0366. The first-order valence-electron chi connectivity index (χ1n) is 20.9. The van der Waals surface area contributed by atoms with Crippen molar-refractivity contribution in [1.82, 2.24) is 4.90 Å². The van der Waals surface area contributed by atoms with Gasteiger partial charge in [-0.2, -0.15) is 0 Å².